The molecule has 1 saturated carbocycles. The Kier molecular flexibility index (Phi) is 4.62. The molecule has 4 rings (SSSR count). The van der Waals surface area contributed by atoms with Crippen LogP contribution in [-0.2, 0) is 0 Å². The molecule has 0 saturated heterocycles. The van der Waals surface area contributed by atoms with Crippen molar-refractivity contribution < 1.29 is 0 Å². The molecule has 1 aromatic carbocycles. The van der Waals surface area contributed by atoms with Crippen LogP contribution in [0.2, 0.25) is 5.02 Å². The van der Waals surface area contributed by atoms with Gasteiger partial charge in [-0.25, -0.2) is 9.97 Å². The van der Waals surface area contributed by atoms with Crippen LogP contribution < -0.4 is 4.90 Å². The maximum absolute atomic E-state index is 6.24. The molecule has 4 nitrogen and oxygen atoms in total. The Morgan fingerprint density at radius 3 is 2.73 bits per heavy atom. The second kappa shape index (κ2) is 6.92. The first-order valence-corrected chi connectivity index (χ1v) is 9.86. The molecular weight excluding hydrogens is 344 g/mol. The zero-order chi connectivity index (χ0) is 18.3. The average Bonchev–Trinajstić information content (AvgIpc) is 3.39. The zero-order valence-electron chi connectivity index (χ0n) is 15.6. The Bertz CT molecular complexity index is 927. The van der Waals surface area contributed by atoms with Gasteiger partial charge in [0.15, 0.2) is 0 Å². The number of aromatic nitrogens is 3. The van der Waals surface area contributed by atoms with Gasteiger partial charge < -0.3 is 9.47 Å². The Morgan fingerprint density at radius 1 is 1.27 bits per heavy atom. The van der Waals surface area contributed by atoms with Crippen molar-refractivity contribution in [3.05, 3.63) is 47.4 Å². The topological polar surface area (TPSA) is 34.0 Å². The van der Waals surface area contributed by atoms with E-state index in [1.54, 1.807) is 6.33 Å². The molecule has 0 unspecified atom stereocenters. The average molecular weight is 369 g/mol. The van der Waals surface area contributed by atoms with Crippen LogP contribution in [0.3, 0.4) is 0 Å². The predicted octanol–water partition coefficient (Wildman–Crippen LogP) is 5.58. The van der Waals surface area contributed by atoms with E-state index in [1.807, 2.05) is 18.2 Å². The molecule has 0 spiro atoms. The van der Waals surface area contributed by atoms with Crippen molar-refractivity contribution in [1.82, 2.24) is 14.5 Å². The van der Waals surface area contributed by atoms with E-state index >= 15 is 0 Å². The lowest BCUT2D eigenvalue weighted by Gasteiger charge is -2.28. The van der Waals surface area contributed by atoms with E-state index in [-0.39, 0.29) is 0 Å². The Labute approximate surface area is 159 Å². The minimum Gasteiger partial charge on any atom is -0.354 e. The van der Waals surface area contributed by atoms with Crippen LogP contribution in [-0.4, -0.2) is 27.1 Å². The van der Waals surface area contributed by atoms with Crippen LogP contribution >= 0.6 is 11.6 Å². The van der Waals surface area contributed by atoms with Gasteiger partial charge in [0.25, 0.3) is 0 Å². The van der Waals surface area contributed by atoms with E-state index in [1.165, 1.54) is 23.8 Å². The highest BCUT2D eigenvalue weighted by Crippen LogP contribution is 2.46. The van der Waals surface area contributed by atoms with Gasteiger partial charge in [0.1, 0.15) is 17.8 Å². The molecule has 0 aliphatic heterocycles. The molecule has 136 valence electrons. The van der Waals surface area contributed by atoms with Gasteiger partial charge in [0.05, 0.1) is 5.39 Å². The first-order valence-electron chi connectivity index (χ1n) is 9.48. The van der Waals surface area contributed by atoms with Gasteiger partial charge >= 0.3 is 0 Å². The van der Waals surface area contributed by atoms with Crippen LogP contribution in [0.25, 0.3) is 16.7 Å². The number of anilines is 1. The maximum Gasteiger partial charge on any atom is 0.150 e. The molecule has 0 radical (unpaired) electrons. The van der Waals surface area contributed by atoms with Gasteiger partial charge in [-0.15, -0.1) is 0 Å². The fourth-order valence-electron chi connectivity index (χ4n) is 3.67. The number of hydrogen-bond acceptors (Lipinski definition) is 3. The lowest BCUT2D eigenvalue weighted by molar-refractivity contribution is 0.664. The molecule has 1 fully saturated rings. The van der Waals surface area contributed by atoms with Gasteiger partial charge in [-0.3, -0.25) is 0 Å². The van der Waals surface area contributed by atoms with Gasteiger partial charge in [0, 0.05) is 29.5 Å². The highest BCUT2D eigenvalue weighted by Gasteiger charge is 2.31. The third kappa shape index (κ3) is 3.07. The highest BCUT2D eigenvalue weighted by atomic mass is 35.5. The summed E-state index contributed by atoms with van der Waals surface area (Å²) in [6.45, 7) is 7.67. The summed E-state index contributed by atoms with van der Waals surface area (Å²) in [6.07, 6.45) is 7.53. The summed E-state index contributed by atoms with van der Waals surface area (Å²) in [5.74, 6) is 1.69. The van der Waals surface area contributed by atoms with Gasteiger partial charge in [-0.05, 0) is 62.8 Å². The number of fused-ring (bicyclic) bond motifs is 1. The quantitative estimate of drug-likeness (QED) is 0.569. The molecule has 0 bridgehead atoms. The van der Waals surface area contributed by atoms with Crippen molar-refractivity contribution in [2.24, 2.45) is 0 Å². The van der Waals surface area contributed by atoms with Crippen LogP contribution in [0.15, 0.2) is 36.8 Å². The van der Waals surface area contributed by atoms with Crippen molar-refractivity contribution in [3.63, 3.8) is 0 Å². The number of nitrogens with zero attached hydrogens (tertiary/aromatic N) is 4. The highest BCUT2D eigenvalue weighted by molar-refractivity contribution is 6.30. The van der Waals surface area contributed by atoms with Crippen molar-refractivity contribution in [2.75, 3.05) is 11.4 Å². The number of hydrogen-bond donors (Lipinski definition) is 0. The monoisotopic (exact) mass is 368 g/mol. The van der Waals surface area contributed by atoms with E-state index in [9.17, 15) is 0 Å². The second-order valence-electron chi connectivity index (χ2n) is 7.39. The molecule has 3 aromatic rings. The third-order valence-electron chi connectivity index (χ3n) is 5.06. The standard InChI is InChI=1S/C21H25ClN4/c1-4-10-25(14(2)3)20-19-18(15-8-9-15)12-26(21(19)24-13-23-20)17-7-5-6-16(22)11-17/h5-7,11-15H,4,8-10H2,1-3H3. The second-order valence-corrected chi connectivity index (χ2v) is 7.83. The van der Waals surface area contributed by atoms with Gasteiger partial charge in [0.2, 0.25) is 0 Å². The number of halogens is 1. The van der Waals surface area contributed by atoms with E-state index in [0.717, 1.165) is 35.1 Å². The molecule has 2 aromatic heterocycles. The van der Waals surface area contributed by atoms with Crippen molar-refractivity contribution in [3.8, 4) is 5.69 Å². The summed E-state index contributed by atoms with van der Waals surface area (Å²) in [7, 11) is 0. The molecule has 0 N–H and O–H groups in total. The fourth-order valence-corrected chi connectivity index (χ4v) is 3.85. The molecule has 2 heterocycles. The molecule has 0 atom stereocenters. The minimum absolute atomic E-state index is 0.398. The molecule has 26 heavy (non-hydrogen) atoms. The third-order valence-corrected chi connectivity index (χ3v) is 5.29. The summed E-state index contributed by atoms with van der Waals surface area (Å²) in [5, 5.41) is 1.94. The normalized spacial score (nSPS) is 14.3. The molecule has 0 amide bonds. The summed E-state index contributed by atoms with van der Waals surface area (Å²) in [4.78, 5) is 11.8. The zero-order valence-corrected chi connectivity index (χ0v) is 16.4. The first-order chi connectivity index (χ1) is 12.6. The predicted molar refractivity (Wildman–Crippen MR) is 109 cm³/mol. The number of benzene rings is 1. The fraction of sp³-hybridized carbons (Fsp3) is 0.429. The molecule has 5 heteroatoms. The van der Waals surface area contributed by atoms with E-state index in [4.69, 9.17) is 16.6 Å². The Hall–Kier alpha value is -2.07. The van der Waals surface area contributed by atoms with Crippen LogP contribution in [0.5, 0.6) is 0 Å². The molecular formula is C21H25ClN4. The van der Waals surface area contributed by atoms with Crippen molar-refractivity contribution >= 4 is 28.5 Å². The van der Waals surface area contributed by atoms with Crippen LogP contribution in [0.4, 0.5) is 5.82 Å². The summed E-state index contributed by atoms with van der Waals surface area (Å²) in [5.41, 5.74) is 3.39. The van der Waals surface area contributed by atoms with Crippen LogP contribution in [0, 0.1) is 0 Å². The van der Waals surface area contributed by atoms with Crippen LogP contribution in [0.1, 0.15) is 51.5 Å². The Morgan fingerprint density at radius 2 is 2.08 bits per heavy atom. The summed E-state index contributed by atoms with van der Waals surface area (Å²) >= 11 is 6.24. The largest absolute Gasteiger partial charge is 0.354 e. The molecule has 1 aliphatic rings. The summed E-state index contributed by atoms with van der Waals surface area (Å²) < 4.78 is 2.17. The van der Waals surface area contributed by atoms with E-state index in [2.05, 4.69) is 47.5 Å². The van der Waals surface area contributed by atoms with Gasteiger partial charge in [-0.2, -0.15) is 0 Å². The lowest BCUT2D eigenvalue weighted by Crippen LogP contribution is -2.32. The van der Waals surface area contributed by atoms with E-state index in [0.29, 0.717) is 12.0 Å². The van der Waals surface area contributed by atoms with E-state index < -0.39 is 0 Å². The summed E-state index contributed by atoms with van der Waals surface area (Å²) in [6, 6.07) is 8.36. The maximum atomic E-state index is 6.24. The van der Waals surface area contributed by atoms with Crippen molar-refractivity contribution in [2.45, 2.75) is 52.0 Å². The minimum atomic E-state index is 0.398. The smallest absolute Gasteiger partial charge is 0.150 e. The van der Waals surface area contributed by atoms with Gasteiger partial charge in [-0.1, -0.05) is 24.6 Å². The Balaban J connectivity index is 1.95. The van der Waals surface area contributed by atoms with Crippen molar-refractivity contribution in [1.29, 1.82) is 0 Å². The first kappa shape index (κ1) is 17.3. The number of rotatable bonds is 6. The SMILES string of the molecule is CCCN(c1ncnc2c1c(C1CC1)cn2-c1cccc(Cl)c1)C(C)C. The lowest BCUT2D eigenvalue weighted by atomic mass is 10.1. The molecule has 1 aliphatic carbocycles.